The number of esters is 1. The van der Waals surface area contributed by atoms with Gasteiger partial charge in [0.1, 0.15) is 6.54 Å². The summed E-state index contributed by atoms with van der Waals surface area (Å²) in [5.41, 5.74) is -0.226. The summed E-state index contributed by atoms with van der Waals surface area (Å²) in [7, 11) is 5.93. The highest BCUT2D eigenvalue weighted by atomic mass is 35.5. The van der Waals surface area contributed by atoms with E-state index in [-0.39, 0.29) is 0 Å². The third-order valence-electron chi connectivity index (χ3n) is 1.27. The molecule has 1 atom stereocenters. The second kappa shape index (κ2) is 4.63. The Morgan fingerprint density at radius 3 is 2.31 bits per heavy atom. The number of rotatable bonds is 4. The number of hydrogen-bond donors (Lipinski definition) is 0. The molecular weight excluding hydrogens is 190 g/mol. The Balaban J connectivity index is 3.95. The number of carbonyl (C=O) groups is 1. The van der Waals surface area contributed by atoms with Gasteiger partial charge in [0, 0.05) is 5.57 Å². The van der Waals surface area contributed by atoms with Crippen LogP contribution in [0.25, 0.3) is 0 Å². The lowest BCUT2D eigenvalue weighted by Crippen LogP contribution is -2.41. The number of likely N-dealkylation sites (N-methyl/N-ethyl adjacent to an activating group) is 1. The van der Waals surface area contributed by atoms with E-state index in [1.54, 1.807) is 6.92 Å². The third-order valence-corrected chi connectivity index (χ3v) is 1.50. The van der Waals surface area contributed by atoms with Crippen molar-refractivity contribution >= 4 is 17.6 Å². The van der Waals surface area contributed by atoms with Crippen molar-refractivity contribution in [2.45, 2.75) is 12.5 Å². The summed E-state index contributed by atoms with van der Waals surface area (Å²) in [5.74, 6) is -0.437. The molecule has 0 amide bonds. The van der Waals surface area contributed by atoms with Gasteiger partial charge in [-0.1, -0.05) is 18.2 Å². The fraction of sp³-hybridized carbons (Fsp3) is 0.667. The highest BCUT2D eigenvalue weighted by molar-refractivity contribution is 6.20. The van der Waals surface area contributed by atoms with Crippen LogP contribution in [0.15, 0.2) is 12.2 Å². The van der Waals surface area contributed by atoms with Crippen LogP contribution in [0, 0.1) is 0 Å². The summed E-state index contributed by atoms with van der Waals surface area (Å²) >= 11 is 5.80. The molecule has 0 rings (SSSR count). The van der Waals surface area contributed by atoms with Crippen molar-refractivity contribution in [3.63, 3.8) is 0 Å². The Morgan fingerprint density at radius 1 is 1.54 bits per heavy atom. The maximum Gasteiger partial charge on any atom is 0.334 e. The molecule has 0 aromatic heterocycles. The number of quaternary nitrogens is 1. The topological polar surface area (TPSA) is 26.3 Å². The molecule has 0 aliphatic heterocycles. The third kappa shape index (κ3) is 6.61. The quantitative estimate of drug-likeness (QED) is 0.301. The van der Waals surface area contributed by atoms with Crippen molar-refractivity contribution in [1.29, 1.82) is 0 Å². The van der Waals surface area contributed by atoms with Gasteiger partial charge in [-0.25, -0.2) is 4.79 Å². The number of alkyl halides is 1. The molecule has 13 heavy (non-hydrogen) atoms. The average Bonchev–Trinajstić information content (AvgIpc) is 1.81. The van der Waals surface area contributed by atoms with Crippen molar-refractivity contribution in [3.05, 3.63) is 12.2 Å². The van der Waals surface area contributed by atoms with E-state index in [0.717, 1.165) is 0 Å². The first-order valence-electron chi connectivity index (χ1n) is 4.03. The van der Waals surface area contributed by atoms with Crippen molar-refractivity contribution in [3.8, 4) is 0 Å². The van der Waals surface area contributed by atoms with Gasteiger partial charge >= 0.3 is 5.97 Å². The lowest BCUT2D eigenvalue weighted by molar-refractivity contribution is -0.871. The lowest BCUT2D eigenvalue weighted by Gasteiger charge is -2.26. The molecule has 76 valence electrons. The van der Waals surface area contributed by atoms with Gasteiger partial charge in [0.15, 0.2) is 0 Å². The maximum absolute atomic E-state index is 11.0. The first-order chi connectivity index (χ1) is 5.72. The molecule has 0 aromatic carbocycles. The predicted octanol–water partition coefficient (Wildman–Crippen LogP) is 1.38. The monoisotopic (exact) mass is 206 g/mol. The molecule has 0 spiro atoms. The average molecular weight is 207 g/mol. The Kier molecular flexibility index (Phi) is 4.44. The van der Waals surface area contributed by atoms with Gasteiger partial charge in [0.25, 0.3) is 0 Å². The number of nitrogens with zero attached hydrogens (tertiary/aromatic N) is 1. The van der Waals surface area contributed by atoms with E-state index in [1.165, 1.54) is 0 Å². The zero-order valence-corrected chi connectivity index (χ0v) is 9.39. The largest absolute Gasteiger partial charge is 0.436 e. The van der Waals surface area contributed by atoms with Gasteiger partial charge in [0.05, 0.1) is 21.1 Å². The smallest absolute Gasteiger partial charge is 0.334 e. The van der Waals surface area contributed by atoms with Crippen LogP contribution >= 0.6 is 11.6 Å². The van der Waals surface area contributed by atoms with Crippen LogP contribution in [0.2, 0.25) is 0 Å². The molecular formula is C9H17ClNO2+. The van der Waals surface area contributed by atoms with Crippen LogP contribution in [0.4, 0.5) is 0 Å². The van der Waals surface area contributed by atoms with Crippen LogP contribution in [-0.4, -0.2) is 43.7 Å². The van der Waals surface area contributed by atoms with Crippen LogP contribution in [-0.2, 0) is 9.53 Å². The molecule has 0 fully saturated rings. The Bertz CT molecular complexity index is 208. The van der Waals surface area contributed by atoms with Gasteiger partial charge in [-0.05, 0) is 6.92 Å². The Hall–Kier alpha value is -0.540. The number of carbonyl (C=O) groups excluding carboxylic acids is 1. The molecule has 0 aliphatic carbocycles. The zero-order chi connectivity index (χ0) is 10.6. The van der Waals surface area contributed by atoms with Crippen molar-refractivity contribution < 1.29 is 14.0 Å². The fourth-order valence-corrected chi connectivity index (χ4v) is 1.18. The van der Waals surface area contributed by atoms with Gasteiger partial charge in [-0.3, -0.25) is 0 Å². The van der Waals surface area contributed by atoms with Gasteiger partial charge in [-0.15, -0.1) is 0 Å². The molecule has 0 aliphatic rings. The standard InChI is InChI=1S/C9H17ClNO2/c1-7(2)9(12)13-8(10)6-11(3,4)5/h8H,1,6H2,2-5H3/q+1. The fourth-order valence-electron chi connectivity index (χ4n) is 0.685. The molecule has 4 heteroatoms. The van der Waals surface area contributed by atoms with Crippen LogP contribution in [0.5, 0.6) is 0 Å². The summed E-state index contributed by atoms with van der Waals surface area (Å²) in [6.07, 6.45) is 0. The summed E-state index contributed by atoms with van der Waals surface area (Å²) in [5, 5.41) is 0. The molecule has 0 N–H and O–H groups in total. The summed E-state index contributed by atoms with van der Waals surface area (Å²) in [6.45, 7) is 5.63. The van der Waals surface area contributed by atoms with Crippen molar-refractivity contribution in [2.75, 3.05) is 27.7 Å². The molecule has 0 saturated heterocycles. The number of halogens is 1. The Morgan fingerprint density at radius 2 is 2.00 bits per heavy atom. The minimum atomic E-state index is -0.593. The second-order valence-corrected chi connectivity index (χ2v) is 4.56. The first-order valence-corrected chi connectivity index (χ1v) is 4.47. The molecule has 0 aromatic rings. The molecule has 0 radical (unpaired) electrons. The SMILES string of the molecule is C=C(C)C(=O)OC(Cl)C[N+](C)(C)C. The number of ether oxygens (including phenoxy) is 1. The molecule has 1 unspecified atom stereocenters. The van der Waals surface area contributed by atoms with E-state index in [9.17, 15) is 4.79 Å². The van der Waals surface area contributed by atoms with Crippen molar-refractivity contribution in [1.82, 2.24) is 0 Å². The predicted molar refractivity (Wildman–Crippen MR) is 53.4 cm³/mol. The van der Waals surface area contributed by atoms with Crippen LogP contribution in [0.3, 0.4) is 0 Å². The van der Waals surface area contributed by atoms with E-state index < -0.39 is 11.5 Å². The van der Waals surface area contributed by atoms with Gasteiger partial charge in [-0.2, -0.15) is 0 Å². The van der Waals surface area contributed by atoms with Gasteiger partial charge in [0.2, 0.25) is 5.56 Å². The molecule has 0 heterocycles. The Labute approximate surface area is 84.5 Å². The lowest BCUT2D eigenvalue weighted by atomic mass is 10.4. The van der Waals surface area contributed by atoms with Crippen molar-refractivity contribution in [2.24, 2.45) is 0 Å². The summed E-state index contributed by atoms with van der Waals surface area (Å²) < 4.78 is 5.55. The first kappa shape index (κ1) is 12.5. The van der Waals surface area contributed by atoms with E-state index in [4.69, 9.17) is 16.3 Å². The maximum atomic E-state index is 11.0. The summed E-state index contributed by atoms with van der Waals surface area (Å²) in [6, 6.07) is 0. The molecule has 3 nitrogen and oxygen atoms in total. The van der Waals surface area contributed by atoms with E-state index in [1.807, 2.05) is 21.1 Å². The highest BCUT2D eigenvalue weighted by Gasteiger charge is 2.19. The number of hydrogen-bond acceptors (Lipinski definition) is 2. The summed E-state index contributed by atoms with van der Waals surface area (Å²) in [4.78, 5) is 11.0. The second-order valence-electron chi connectivity index (χ2n) is 4.07. The van der Waals surface area contributed by atoms with Crippen LogP contribution < -0.4 is 0 Å². The molecule has 0 bridgehead atoms. The molecule has 0 saturated carbocycles. The zero-order valence-electron chi connectivity index (χ0n) is 8.63. The van der Waals surface area contributed by atoms with E-state index >= 15 is 0 Å². The normalized spacial score (nSPS) is 13.6. The van der Waals surface area contributed by atoms with Crippen LogP contribution in [0.1, 0.15) is 6.92 Å². The minimum absolute atomic E-state index is 0.368. The highest BCUT2D eigenvalue weighted by Crippen LogP contribution is 2.06. The van der Waals surface area contributed by atoms with E-state index in [2.05, 4.69) is 6.58 Å². The van der Waals surface area contributed by atoms with E-state index in [0.29, 0.717) is 16.6 Å². The minimum Gasteiger partial charge on any atom is -0.436 e. The van der Waals surface area contributed by atoms with Gasteiger partial charge < -0.3 is 9.22 Å².